The van der Waals surface area contributed by atoms with Crippen LogP contribution < -0.4 is 0 Å². The maximum Gasteiger partial charge on any atom is 0.0406 e. The first kappa shape index (κ1) is 9.94. The molecule has 1 unspecified atom stereocenters. The van der Waals surface area contributed by atoms with E-state index < -0.39 is 0 Å². The van der Waals surface area contributed by atoms with Gasteiger partial charge in [-0.15, -0.1) is 0 Å². The minimum atomic E-state index is 0.613. The summed E-state index contributed by atoms with van der Waals surface area (Å²) in [6.45, 7) is 2.20. The van der Waals surface area contributed by atoms with E-state index in [1.807, 2.05) is 23.9 Å². The van der Waals surface area contributed by atoms with E-state index in [0.717, 1.165) is 5.02 Å². The van der Waals surface area contributed by atoms with Crippen molar-refractivity contribution in [1.29, 1.82) is 0 Å². The monoisotopic (exact) mass is 200 g/mol. The van der Waals surface area contributed by atoms with Crippen LogP contribution in [0.5, 0.6) is 0 Å². The van der Waals surface area contributed by atoms with E-state index in [4.69, 9.17) is 11.6 Å². The third-order valence-corrected chi connectivity index (χ3v) is 3.32. The SMILES string of the molecule is CCC(SC)c1ccc(Cl)cc1. The van der Waals surface area contributed by atoms with Gasteiger partial charge < -0.3 is 0 Å². The van der Waals surface area contributed by atoms with Gasteiger partial charge in [-0.3, -0.25) is 0 Å². The van der Waals surface area contributed by atoms with E-state index in [2.05, 4.69) is 25.3 Å². The largest absolute Gasteiger partial charge is 0.157 e. The molecule has 1 aromatic carbocycles. The van der Waals surface area contributed by atoms with Crippen molar-refractivity contribution < 1.29 is 0 Å². The average molecular weight is 201 g/mol. The zero-order valence-corrected chi connectivity index (χ0v) is 8.95. The molecule has 1 rings (SSSR count). The molecule has 2 heteroatoms. The van der Waals surface area contributed by atoms with Crippen molar-refractivity contribution >= 4 is 23.4 Å². The number of rotatable bonds is 3. The molecule has 0 spiro atoms. The van der Waals surface area contributed by atoms with E-state index >= 15 is 0 Å². The first-order valence-electron chi connectivity index (χ1n) is 4.06. The molecule has 0 aliphatic rings. The number of thioether (sulfide) groups is 1. The van der Waals surface area contributed by atoms with Crippen molar-refractivity contribution in [3.05, 3.63) is 34.9 Å². The van der Waals surface area contributed by atoms with E-state index in [-0.39, 0.29) is 0 Å². The van der Waals surface area contributed by atoms with Crippen molar-refractivity contribution in [1.82, 2.24) is 0 Å². The van der Waals surface area contributed by atoms with Crippen LogP contribution in [0, 0.1) is 0 Å². The maximum absolute atomic E-state index is 5.80. The lowest BCUT2D eigenvalue weighted by Gasteiger charge is -2.11. The molecule has 0 amide bonds. The standard InChI is InChI=1S/C10H13ClS/c1-3-10(12-2)8-4-6-9(11)7-5-8/h4-7,10H,3H2,1-2H3. The van der Waals surface area contributed by atoms with Gasteiger partial charge in [-0.1, -0.05) is 30.7 Å². The van der Waals surface area contributed by atoms with Gasteiger partial charge in [-0.25, -0.2) is 0 Å². The van der Waals surface area contributed by atoms with Crippen LogP contribution in [0.15, 0.2) is 24.3 Å². The molecule has 0 aliphatic heterocycles. The molecule has 0 radical (unpaired) electrons. The molecule has 1 atom stereocenters. The molecular formula is C10H13ClS. The summed E-state index contributed by atoms with van der Waals surface area (Å²) >= 11 is 7.68. The van der Waals surface area contributed by atoms with Crippen molar-refractivity contribution in [3.8, 4) is 0 Å². The fraction of sp³-hybridized carbons (Fsp3) is 0.400. The molecule has 0 aromatic heterocycles. The van der Waals surface area contributed by atoms with Gasteiger partial charge in [0.1, 0.15) is 0 Å². The normalized spacial score (nSPS) is 12.9. The van der Waals surface area contributed by atoms with Gasteiger partial charge in [0.05, 0.1) is 0 Å². The first-order valence-corrected chi connectivity index (χ1v) is 5.72. The van der Waals surface area contributed by atoms with Gasteiger partial charge in [0.25, 0.3) is 0 Å². The van der Waals surface area contributed by atoms with Gasteiger partial charge >= 0.3 is 0 Å². The Morgan fingerprint density at radius 3 is 2.33 bits per heavy atom. The Labute approximate surface area is 83.3 Å². The zero-order valence-electron chi connectivity index (χ0n) is 7.38. The summed E-state index contributed by atoms with van der Waals surface area (Å²) in [4.78, 5) is 0. The second-order valence-corrected chi connectivity index (χ2v) is 4.16. The highest BCUT2D eigenvalue weighted by Gasteiger charge is 2.05. The Morgan fingerprint density at radius 2 is 1.92 bits per heavy atom. The zero-order chi connectivity index (χ0) is 8.97. The lowest BCUT2D eigenvalue weighted by Crippen LogP contribution is -1.89. The second-order valence-electron chi connectivity index (χ2n) is 2.68. The number of halogens is 1. The van der Waals surface area contributed by atoms with Crippen LogP contribution in [0.1, 0.15) is 24.2 Å². The smallest absolute Gasteiger partial charge is 0.0406 e. The average Bonchev–Trinajstić information content (AvgIpc) is 2.10. The molecule has 0 saturated heterocycles. The summed E-state index contributed by atoms with van der Waals surface area (Å²) in [7, 11) is 0. The van der Waals surface area contributed by atoms with Gasteiger partial charge in [-0.05, 0) is 30.4 Å². The van der Waals surface area contributed by atoms with Crippen LogP contribution in [0.3, 0.4) is 0 Å². The fourth-order valence-corrected chi connectivity index (χ4v) is 2.10. The maximum atomic E-state index is 5.80. The number of hydrogen-bond acceptors (Lipinski definition) is 1. The molecule has 0 heterocycles. The van der Waals surface area contributed by atoms with Crippen LogP contribution in [-0.2, 0) is 0 Å². The third kappa shape index (κ3) is 2.43. The van der Waals surface area contributed by atoms with Crippen LogP contribution in [0.2, 0.25) is 5.02 Å². The summed E-state index contributed by atoms with van der Waals surface area (Å²) in [5, 5.41) is 1.43. The molecule has 0 bridgehead atoms. The highest BCUT2D eigenvalue weighted by atomic mass is 35.5. The number of hydrogen-bond donors (Lipinski definition) is 0. The molecule has 1 aromatic rings. The molecule has 0 aliphatic carbocycles. The Morgan fingerprint density at radius 1 is 1.33 bits per heavy atom. The van der Waals surface area contributed by atoms with Crippen LogP contribution in [0.25, 0.3) is 0 Å². The fourth-order valence-electron chi connectivity index (χ4n) is 1.22. The predicted octanol–water partition coefficient (Wildman–Crippen LogP) is 4.15. The predicted molar refractivity (Wildman–Crippen MR) is 58.0 cm³/mol. The summed E-state index contributed by atoms with van der Waals surface area (Å²) in [6, 6.07) is 8.12. The molecule has 66 valence electrons. The van der Waals surface area contributed by atoms with Crippen molar-refractivity contribution in [2.45, 2.75) is 18.6 Å². The minimum Gasteiger partial charge on any atom is -0.157 e. The first-order chi connectivity index (χ1) is 5.77. The van der Waals surface area contributed by atoms with Crippen molar-refractivity contribution in [3.63, 3.8) is 0 Å². The van der Waals surface area contributed by atoms with E-state index in [0.29, 0.717) is 5.25 Å². The third-order valence-electron chi connectivity index (χ3n) is 1.90. The van der Waals surface area contributed by atoms with Gasteiger partial charge in [0, 0.05) is 10.3 Å². The number of benzene rings is 1. The minimum absolute atomic E-state index is 0.613. The topological polar surface area (TPSA) is 0 Å². The van der Waals surface area contributed by atoms with Gasteiger partial charge in [0.2, 0.25) is 0 Å². The molecule has 0 fully saturated rings. The van der Waals surface area contributed by atoms with Gasteiger partial charge in [-0.2, -0.15) is 11.8 Å². The lowest BCUT2D eigenvalue weighted by atomic mass is 10.1. The molecule has 0 N–H and O–H groups in total. The molecule has 0 saturated carbocycles. The Kier molecular flexibility index (Phi) is 3.96. The summed E-state index contributed by atoms with van der Waals surface area (Å²) < 4.78 is 0. The highest BCUT2D eigenvalue weighted by molar-refractivity contribution is 7.98. The van der Waals surface area contributed by atoms with E-state index in [1.54, 1.807) is 0 Å². The quantitative estimate of drug-likeness (QED) is 0.707. The second kappa shape index (κ2) is 4.78. The summed E-state index contributed by atoms with van der Waals surface area (Å²) in [5.41, 5.74) is 1.37. The van der Waals surface area contributed by atoms with Crippen LogP contribution >= 0.6 is 23.4 Å². The van der Waals surface area contributed by atoms with E-state index in [9.17, 15) is 0 Å². The summed E-state index contributed by atoms with van der Waals surface area (Å²) in [6.07, 6.45) is 3.31. The molecule has 0 nitrogen and oxygen atoms in total. The van der Waals surface area contributed by atoms with Crippen molar-refractivity contribution in [2.75, 3.05) is 6.26 Å². The lowest BCUT2D eigenvalue weighted by molar-refractivity contribution is 0.898. The molecular weight excluding hydrogens is 188 g/mol. The summed E-state index contributed by atoms with van der Waals surface area (Å²) in [5.74, 6) is 0. The molecule has 12 heavy (non-hydrogen) atoms. The highest BCUT2D eigenvalue weighted by Crippen LogP contribution is 2.30. The Balaban J connectivity index is 2.80. The Bertz CT molecular complexity index is 226. The van der Waals surface area contributed by atoms with E-state index in [1.165, 1.54) is 12.0 Å². The van der Waals surface area contributed by atoms with Crippen LogP contribution in [-0.4, -0.2) is 6.26 Å². The Hall–Kier alpha value is -0.140. The van der Waals surface area contributed by atoms with Crippen LogP contribution in [0.4, 0.5) is 0 Å². The van der Waals surface area contributed by atoms with Crippen molar-refractivity contribution in [2.24, 2.45) is 0 Å². The van der Waals surface area contributed by atoms with Gasteiger partial charge in [0.15, 0.2) is 0 Å².